The molecule has 0 spiro atoms. The van der Waals surface area contributed by atoms with Crippen LogP contribution in [-0.2, 0) is 14.8 Å². The van der Waals surface area contributed by atoms with Gasteiger partial charge in [0.2, 0.25) is 0 Å². The number of phenols is 1. The van der Waals surface area contributed by atoms with Gasteiger partial charge in [0.05, 0.1) is 21.2 Å². The highest BCUT2D eigenvalue weighted by Crippen LogP contribution is 2.26. The average Bonchev–Trinajstić information content (AvgIpc) is 2.81. The molecule has 0 atom stereocenters. The summed E-state index contributed by atoms with van der Waals surface area (Å²) < 4.78 is 27.3. The van der Waals surface area contributed by atoms with Crippen LogP contribution in [0.15, 0.2) is 88.9 Å². The van der Waals surface area contributed by atoms with Gasteiger partial charge >= 0.3 is 0 Å². The van der Waals surface area contributed by atoms with E-state index in [1.807, 2.05) is 0 Å². The average molecular weight is 468 g/mol. The van der Waals surface area contributed by atoms with E-state index in [1.54, 1.807) is 31.2 Å². The van der Waals surface area contributed by atoms with E-state index in [0.29, 0.717) is 11.3 Å². The molecule has 3 rings (SSSR count). The number of hydrazone groups is 1. The Bertz CT molecular complexity index is 1310. The van der Waals surface area contributed by atoms with E-state index >= 15 is 0 Å². The first-order valence-corrected chi connectivity index (χ1v) is 11.1. The van der Waals surface area contributed by atoms with Gasteiger partial charge in [0.25, 0.3) is 21.6 Å². The molecule has 170 valence electrons. The van der Waals surface area contributed by atoms with Gasteiger partial charge in [-0.15, -0.1) is 0 Å². The van der Waals surface area contributed by atoms with E-state index in [9.17, 15) is 28.4 Å². The minimum Gasteiger partial charge on any atom is -0.507 e. The Labute approximate surface area is 190 Å². The summed E-state index contributed by atoms with van der Waals surface area (Å²) >= 11 is 0. The normalized spacial score (nSPS) is 11.6. The first-order valence-electron chi connectivity index (χ1n) is 9.64. The molecule has 0 saturated heterocycles. The molecule has 3 aromatic rings. The van der Waals surface area contributed by atoms with Crippen LogP contribution in [0.2, 0.25) is 0 Å². The van der Waals surface area contributed by atoms with Gasteiger partial charge in [-0.2, -0.15) is 5.10 Å². The second-order valence-electron chi connectivity index (χ2n) is 6.85. The first-order chi connectivity index (χ1) is 15.7. The summed E-state index contributed by atoms with van der Waals surface area (Å²) in [7, 11) is -4.23. The predicted molar refractivity (Wildman–Crippen MR) is 123 cm³/mol. The van der Waals surface area contributed by atoms with E-state index in [1.165, 1.54) is 48.5 Å². The molecule has 33 heavy (non-hydrogen) atoms. The van der Waals surface area contributed by atoms with Crippen molar-refractivity contribution in [3.63, 3.8) is 0 Å². The Balaban J connectivity index is 1.92. The lowest BCUT2D eigenvalue weighted by molar-refractivity contribution is -0.384. The molecule has 0 aliphatic rings. The number of aromatic hydroxyl groups is 1. The van der Waals surface area contributed by atoms with Gasteiger partial charge in [-0.25, -0.2) is 13.8 Å². The third-order valence-corrected chi connectivity index (χ3v) is 6.38. The number of phenolic OH excluding ortho intramolecular Hbond substituents is 1. The van der Waals surface area contributed by atoms with Gasteiger partial charge in [0.1, 0.15) is 12.3 Å². The van der Waals surface area contributed by atoms with Gasteiger partial charge in [-0.1, -0.05) is 36.4 Å². The second kappa shape index (κ2) is 9.92. The van der Waals surface area contributed by atoms with Crippen LogP contribution in [0.1, 0.15) is 12.5 Å². The van der Waals surface area contributed by atoms with Crippen LogP contribution in [0.5, 0.6) is 5.75 Å². The Kier molecular flexibility index (Phi) is 7.04. The van der Waals surface area contributed by atoms with Crippen molar-refractivity contribution in [3.05, 3.63) is 94.5 Å². The van der Waals surface area contributed by atoms with E-state index in [4.69, 9.17) is 0 Å². The molecule has 0 aliphatic carbocycles. The van der Waals surface area contributed by atoms with Crippen LogP contribution >= 0.6 is 0 Å². The minimum atomic E-state index is -4.23. The van der Waals surface area contributed by atoms with Gasteiger partial charge in [-0.3, -0.25) is 19.2 Å². The van der Waals surface area contributed by atoms with Crippen molar-refractivity contribution in [1.29, 1.82) is 0 Å². The zero-order valence-electron chi connectivity index (χ0n) is 17.5. The summed E-state index contributed by atoms with van der Waals surface area (Å²) in [6.45, 7) is 0.879. The number of sulfonamides is 1. The number of carbonyl (C=O) groups is 1. The molecule has 0 bridgehead atoms. The number of hydrogen-bond donors (Lipinski definition) is 2. The molecule has 1 amide bonds. The van der Waals surface area contributed by atoms with Gasteiger partial charge in [-0.05, 0) is 37.3 Å². The van der Waals surface area contributed by atoms with Crippen LogP contribution in [0.3, 0.4) is 0 Å². The van der Waals surface area contributed by atoms with E-state index < -0.39 is 27.4 Å². The van der Waals surface area contributed by atoms with E-state index in [0.717, 1.165) is 10.4 Å². The van der Waals surface area contributed by atoms with Crippen molar-refractivity contribution >= 4 is 33.0 Å². The lowest BCUT2D eigenvalue weighted by Crippen LogP contribution is -2.39. The molecule has 0 heterocycles. The largest absolute Gasteiger partial charge is 0.507 e. The monoisotopic (exact) mass is 468 g/mol. The van der Waals surface area contributed by atoms with Gasteiger partial charge in [0, 0.05) is 17.7 Å². The number of nitrogens with zero attached hydrogens (tertiary/aromatic N) is 3. The SMILES string of the molecule is CC(=NNC(=O)CN(c1cccc([N+](=O)[O-])c1)S(=O)(=O)c1ccccc1)c1ccccc1O. The summed E-state index contributed by atoms with van der Waals surface area (Å²) in [5.74, 6) is -0.811. The lowest BCUT2D eigenvalue weighted by Gasteiger charge is -2.23. The van der Waals surface area contributed by atoms with E-state index in [-0.39, 0.29) is 22.0 Å². The number of amides is 1. The highest BCUT2D eigenvalue weighted by Gasteiger charge is 2.28. The number of rotatable bonds is 8. The maximum absolute atomic E-state index is 13.3. The maximum atomic E-state index is 13.3. The summed E-state index contributed by atoms with van der Waals surface area (Å²) in [4.78, 5) is 23.1. The highest BCUT2D eigenvalue weighted by molar-refractivity contribution is 7.92. The zero-order valence-corrected chi connectivity index (χ0v) is 18.3. The van der Waals surface area contributed by atoms with Gasteiger partial charge < -0.3 is 5.11 Å². The number of nitro benzene ring substituents is 1. The van der Waals surface area contributed by atoms with Gasteiger partial charge in [0.15, 0.2) is 0 Å². The second-order valence-corrected chi connectivity index (χ2v) is 8.71. The highest BCUT2D eigenvalue weighted by atomic mass is 32.2. The minimum absolute atomic E-state index is 0.0297. The fraction of sp³-hybridized carbons (Fsp3) is 0.0909. The summed E-state index contributed by atoms with van der Waals surface area (Å²) in [5, 5.41) is 25.0. The van der Waals surface area contributed by atoms with Crippen molar-refractivity contribution < 1.29 is 23.2 Å². The zero-order chi connectivity index (χ0) is 24.0. The number of nitro groups is 1. The van der Waals surface area contributed by atoms with Crippen LogP contribution in [0.4, 0.5) is 11.4 Å². The smallest absolute Gasteiger partial charge is 0.271 e. The number of anilines is 1. The first kappa shape index (κ1) is 23.4. The predicted octanol–water partition coefficient (Wildman–Crippen LogP) is 3.04. The molecule has 0 radical (unpaired) electrons. The third kappa shape index (κ3) is 5.52. The Morgan fingerprint density at radius 3 is 2.39 bits per heavy atom. The molecule has 10 nitrogen and oxygen atoms in total. The Morgan fingerprint density at radius 1 is 1.06 bits per heavy atom. The van der Waals surface area contributed by atoms with Crippen molar-refractivity contribution in [1.82, 2.24) is 5.43 Å². The molecule has 0 fully saturated rings. The van der Waals surface area contributed by atoms with Crippen LogP contribution in [-0.4, -0.2) is 36.6 Å². The lowest BCUT2D eigenvalue weighted by atomic mass is 10.1. The molecule has 0 saturated carbocycles. The van der Waals surface area contributed by atoms with Crippen molar-refractivity contribution in [3.8, 4) is 5.75 Å². The number of nitrogens with one attached hydrogen (secondary N) is 1. The number of para-hydroxylation sites is 1. The molecular formula is C22H20N4O6S. The number of carbonyl (C=O) groups excluding carboxylic acids is 1. The number of non-ortho nitro benzene ring substituents is 1. The molecule has 11 heteroatoms. The van der Waals surface area contributed by atoms with E-state index in [2.05, 4.69) is 10.5 Å². The Hall–Kier alpha value is -4.25. The fourth-order valence-corrected chi connectivity index (χ4v) is 4.38. The van der Waals surface area contributed by atoms with Crippen LogP contribution in [0, 0.1) is 10.1 Å². The standard InChI is InChI=1S/C22H20N4O6S/c1-16(20-12-5-6-13-21(20)27)23-24-22(28)15-25(17-8-7-9-18(14-17)26(29)30)33(31,32)19-10-3-2-4-11-19/h2-14,27H,15H2,1H3,(H,24,28). The molecule has 3 aromatic carbocycles. The summed E-state index contributed by atoms with van der Waals surface area (Å²) in [6, 6.07) is 18.8. The Morgan fingerprint density at radius 2 is 1.73 bits per heavy atom. The maximum Gasteiger partial charge on any atom is 0.271 e. The number of benzene rings is 3. The summed E-state index contributed by atoms with van der Waals surface area (Å²) in [5.41, 5.74) is 2.59. The van der Waals surface area contributed by atoms with Crippen LogP contribution in [0.25, 0.3) is 0 Å². The summed E-state index contributed by atoms with van der Waals surface area (Å²) in [6.07, 6.45) is 0. The van der Waals surface area contributed by atoms with Crippen molar-refractivity contribution in [2.45, 2.75) is 11.8 Å². The third-order valence-electron chi connectivity index (χ3n) is 4.59. The number of hydrogen-bond acceptors (Lipinski definition) is 7. The molecule has 0 aliphatic heterocycles. The topological polar surface area (TPSA) is 142 Å². The molecular weight excluding hydrogens is 448 g/mol. The van der Waals surface area contributed by atoms with Crippen molar-refractivity contribution in [2.75, 3.05) is 10.8 Å². The molecule has 0 aromatic heterocycles. The van der Waals surface area contributed by atoms with Crippen molar-refractivity contribution in [2.24, 2.45) is 5.10 Å². The molecule has 2 N–H and O–H groups in total. The molecule has 0 unspecified atom stereocenters. The quantitative estimate of drug-likeness (QED) is 0.296. The fourth-order valence-electron chi connectivity index (χ4n) is 2.95. The van der Waals surface area contributed by atoms with Crippen LogP contribution < -0.4 is 9.73 Å².